The van der Waals surface area contributed by atoms with Crippen molar-refractivity contribution in [2.45, 2.75) is 13.5 Å². The minimum absolute atomic E-state index is 0.283. The summed E-state index contributed by atoms with van der Waals surface area (Å²) in [6.07, 6.45) is 3.29. The molecule has 136 valence electrons. The van der Waals surface area contributed by atoms with Crippen LogP contribution in [-0.2, 0) is 16.1 Å². The zero-order valence-corrected chi connectivity index (χ0v) is 16.3. The molecule has 2 heterocycles. The monoisotopic (exact) mass is 388 g/mol. The lowest BCUT2D eigenvalue weighted by Gasteiger charge is -2.08. The summed E-state index contributed by atoms with van der Waals surface area (Å²) in [7, 11) is 1.64. The van der Waals surface area contributed by atoms with Gasteiger partial charge in [0.25, 0.3) is 5.91 Å². The first-order valence-electron chi connectivity index (χ1n) is 8.27. The van der Waals surface area contributed by atoms with E-state index in [1.807, 2.05) is 47.2 Å². The van der Waals surface area contributed by atoms with Gasteiger partial charge in [-0.15, -0.1) is 11.3 Å². The van der Waals surface area contributed by atoms with Crippen LogP contribution in [0.5, 0.6) is 5.75 Å². The second-order valence-corrected chi connectivity index (χ2v) is 7.33. The third-order valence-corrected chi connectivity index (χ3v) is 5.57. The highest BCUT2D eigenvalue weighted by atomic mass is 32.1. The molecule has 0 aliphatic rings. The van der Waals surface area contributed by atoms with Gasteiger partial charge in [0.1, 0.15) is 11.3 Å². The third kappa shape index (κ3) is 4.30. The highest BCUT2D eigenvalue weighted by Crippen LogP contribution is 2.27. The quantitative estimate of drug-likeness (QED) is 0.455. The second-order valence-electron chi connectivity index (χ2n) is 5.34. The van der Waals surface area contributed by atoms with Crippen molar-refractivity contribution in [2.75, 3.05) is 20.3 Å². The molecule has 0 bridgehead atoms. The normalized spacial score (nSPS) is 12.3. The number of thiophene rings is 1. The Morgan fingerprint density at radius 1 is 1.31 bits per heavy atom. The Labute approximate surface area is 159 Å². The number of carbonyl (C=O) groups is 1. The van der Waals surface area contributed by atoms with Crippen LogP contribution in [0.3, 0.4) is 0 Å². The van der Waals surface area contributed by atoms with Crippen LogP contribution in [-0.4, -0.2) is 30.8 Å². The number of hydrogen-bond donors (Lipinski definition) is 0. The Kier molecular flexibility index (Phi) is 6.38. The lowest BCUT2D eigenvalue weighted by molar-refractivity contribution is -0.113. The Morgan fingerprint density at radius 2 is 2.19 bits per heavy atom. The number of thiazole rings is 1. The smallest absolute Gasteiger partial charge is 0.272 e. The first kappa shape index (κ1) is 18.6. The number of fused-ring (bicyclic) bond motifs is 1. The van der Waals surface area contributed by atoms with Crippen molar-refractivity contribution in [1.82, 2.24) is 4.57 Å². The average Bonchev–Trinajstić information content (AvgIpc) is 3.28. The molecule has 0 unspecified atom stereocenters. The maximum absolute atomic E-state index is 12.3. The number of amides is 1. The average molecular weight is 389 g/mol. The van der Waals surface area contributed by atoms with Crippen molar-refractivity contribution in [2.24, 2.45) is 4.99 Å². The van der Waals surface area contributed by atoms with Crippen LogP contribution in [0, 0.1) is 0 Å². The largest absolute Gasteiger partial charge is 0.495 e. The number of methoxy groups -OCH3 is 1. The third-order valence-electron chi connectivity index (χ3n) is 3.69. The maximum Gasteiger partial charge on any atom is 0.272 e. The lowest BCUT2D eigenvalue weighted by atomic mass is 10.3. The number of ether oxygens (including phenoxy) is 2. The van der Waals surface area contributed by atoms with E-state index in [0.717, 1.165) is 20.8 Å². The summed E-state index contributed by atoms with van der Waals surface area (Å²) in [6, 6.07) is 9.76. The molecule has 0 saturated heterocycles. The van der Waals surface area contributed by atoms with E-state index in [1.165, 1.54) is 17.4 Å². The van der Waals surface area contributed by atoms with Crippen molar-refractivity contribution in [1.29, 1.82) is 0 Å². The molecule has 1 amide bonds. The number of benzene rings is 1. The predicted octanol–water partition coefficient (Wildman–Crippen LogP) is 3.95. The highest BCUT2D eigenvalue weighted by molar-refractivity contribution is 7.16. The summed E-state index contributed by atoms with van der Waals surface area (Å²) in [5, 5.41) is 1.97. The summed E-state index contributed by atoms with van der Waals surface area (Å²) >= 11 is 3.05. The van der Waals surface area contributed by atoms with Gasteiger partial charge in [0.05, 0.1) is 18.4 Å². The summed E-state index contributed by atoms with van der Waals surface area (Å²) < 4.78 is 14.0. The predicted molar refractivity (Wildman–Crippen MR) is 107 cm³/mol. The number of carbonyl (C=O) groups excluding carboxylic acids is 1. The van der Waals surface area contributed by atoms with Gasteiger partial charge in [0.15, 0.2) is 4.80 Å². The first-order chi connectivity index (χ1) is 12.7. The topological polar surface area (TPSA) is 52.8 Å². The molecule has 0 spiro atoms. The fourth-order valence-corrected chi connectivity index (χ4v) is 4.22. The molecule has 0 N–H and O–H groups in total. The molecule has 0 atom stereocenters. The van der Waals surface area contributed by atoms with Crippen LogP contribution in [0.15, 0.2) is 46.8 Å². The SMILES string of the molecule is CCOCCn1c(=NC(=O)C=Cc2cccs2)sc2cccc(OC)c21. The maximum atomic E-state index is 12.3. The molecular formula is C19H20N2O3S2. The number of nitrogens with zero attached hydrogens (tertiary/aromatic N) is 2. The Morgan fingerprint density at radius 3 is 2.92 bits per heavy atom. The highest BCUT2D eigenvalue weighted by Gasteiger charge is 2.11. The van der Waals surface area contributed by atoms with Gasteiger partial charge in [-0.2, -0.15) is 4.99 Å². The van der Waals surface area contributed by atoms with Gasteiger partial charge >= 0.3 is 0 Å². The molecule has 2 aromatic heterocycles. The van der Waals surface area contributed by atoms with E-state index >= 15 is 0 Å². The molecule has 26 heavy (non-hydrogen) atoms. The van der Waals surface area contributed by atoms with Gasteiger partial charge < -0.3 is 14.0 Å². The van der Waals surface area contributed by atoms with Crippen LogP contribution < -0.4 is 9.54 Å². The number of para-hydroxylation sites is 1. The van der Waals surface area contributed by atoms with Crippen molar-refractivity contribution >= 4 is 44.9 Å². The molecule has 0 aliphatic heterocycles. The van der Waals surface area contributed by atoms with Crippen LogP contribution in [0.2, 0.25) is 0 Å². The van der Waals surface area contributed by atoms with Crippen molar-refractivity contribution < 1.29 is 14.3 Å². The molecule has 0 saturated carbocycles. The van der Waals surface area contributed by atoms with Gasteiger partial charge in [-0.05, 0) is 36.6 Å². The van der Waals surface area contributed by atoms with Crippen molar-refractivity contribution in [3.63, 3.8) is 0 Å². The molecule has 3 rings (SSSR count). The van der Waals surface area contributed by atoms with E-state index in [2.05, 4.69) is 4.99 Å². The Hall–Kier alpha value is -2.22. The van der Waals surface area contributed by atoms with Gasteiger partial charge in [-0.1, -0.05) is 23.5 Å². The zero-order chi connectivity index (χ0) is 18.4. The minimum Gasteiger partial charge on any atom is -0.495 e. The van der Waals surface area contributed by atoms with Gasteiger partial charge in [0, 0.05) is 24.1 Å². The van der Waals surface area contributed by atoms with E-state index in [0.29, 0.717) is 24.6 Å². The molecule has 1 aromatic carbocycles. The summed E-state index contributed by atoms with van der Waals surface area (Å²) in [4.78, 5) is 18.3. The molecule has 0 radical (unpaired) electrons. The van der Waals surface area contributed by atoms with E-state index < -0.39 is 0 Å². The Bertz CT molecular complexity index is 968. The number of aromatic nitrogens is 1. The molecule has 5 nitrogen and oxygen atoms in total. The van der Waals surface area contributed by atoms with Crippen LogP contribution in [0.25, 0.3) is 16.3 Å². The second kappa shape index (κ2) is 8.93. The van der Waals surface area contributed by atoms with E-state index in [9.17, 15) is 4.79 Å². The van der Waals surface area contributed by atoms with Crippen LogP contribution in [0.4, 0.5) is 0 Å². The number of hydrogen-bond acceptors (Lipinski definition) is 5. The van der Waals surface area contributed by atoms with E-state index in [1.54, 1.807) is 24.5 Å². The fourth-order valence-electron chi connectivity index (χ4n) is 2.53. The Balaban J connectivity index is 2.00. The van der Waals surface area contributed by atoms with Gasteiger partial charge in [0.2, 0.25) is 0 Å². The van der Waals surface area contributed by atoms with Crippen molar-refractivity contribution in [3.8, 4) is 5.75 Å². The molecular weight excluding hydrogens is 368 g/mol. The lowest BCUT2D eigenvalue weighted by Crippen LogP contribution is -2.19. The van der Waals surface area contributed by atoms with Gasteiger partial charge in [-0.25, -0.2) is 0 Å². The standard InChI is InChI=1S/C19H20N2O3S2/c1-3-24-12-11-21-18-15(23-2)7-4-8-16(18)26-19(21)20-17(22)10-9-14-6-5-13-25-14/h4-10,13H,3,11-12H2,1-2H3. The van der Waals surface area contributed by atoms with E-state index in [-0.39, 0.29) is 5.91 Å². The molecule has 0 aliphatic carbocycles. The van der Waals surface area contributed by atoms with Crippen molar-refractivity contribution in [3.05, 3.63) is 51.5 Å². The summed E-state index contributed by atoms with van der Waals surface area (Å²) in [6.45, 7) is 3.76. The fraction of sp³-hybridized carbons (Fsp3) is 0.263. The zero-order valence-electron chi connectivity index (χ0n) is 14.7. The summed E-state index contributed by atoms with van der Waals surface area (Å²) in [5.41, 5.74) is 0.938. The first-order valence-corrected chi connectivity index (χ1v) is 9.97. The van der Waals surface area contributed by atoms with Crippen LogP contribution in [0.1, 0.15) is 11.8 Å². The molecule has 3 aromatic rings. The number of rotatable bonds is 7. The van der Waals surface area contributed by atoms with E-state index in [4.69, 9.17) is 9.47 Å². The molecule has 7 heteroatoms. The van der Waals surface area contributed by atoms with Gasteiger partial charge in [-0.3, -0.25) is 4.79 Å². The summed E-state index contributed by atoms with van der Waals surface area (Å²) in [5.74, 6) is 0.479. The van der Waals surface area contributed by atoms with Crippen LogP contribution >= 0.6 is 22.7 Å². The molecule has 0 fully saturated rings. The minimum atomic E-state index is -0.283.